The number of ether oxygens (including phenoxy) is 1. The van der Waals surface area contributed by atoms with Crippen molar-refractivity contribution in [3.63, 3.8) is 0 Å². The van der Waals surface area contributed by atoms with Crippen LogP contribution < -0.4 is 31.1 Å². The van der Waals surface area contributed by atoms with E-state index in [9.17, 15) is 32.4 Å². The fourth-order valence-corrected chi connectivity index (χ4v) is 5.33. The Labute approximate surface area is 265 Å². The molecule has 0 aliphatic carbocycles. The summed E-state index contributed by atoms with van der Waals surface area (Å²) in [4.78, 5) is 68.0. The molecule has 5 amide bonds. The number of carbonyl (C=O) groups is 5. The van der Waals surface area contributed by atoms with Crippen molar-refractivity contribution in [2.75, 3.05) is 26.0 Å². The molecule has 0 saturated carbocycles. The summed E-state index contributed by atoms with van der Waals surface area (Å²) >= 11 is 0. The zero-order valence-electron chi connectivity index (χ0n) is 26.9. The SMILES string of the molecule is COc1ccc(C[C@@H]2NC(=O)[C@H](CC(C)C)NC(=O)CN(C(=O)CCCS(N)(=O)=O)C[C@H](C(C)C)NC(=O)[C@@H](C)NC2=O)cc1. The van der Waals surface area contributed by atoms with Gasteiger partial charge in [0, 0.05) is 25.4 Å². The van der Waals surface area contributed by atoms with Gasteiger partial charge in [-0.2, -0.15) is 0 Å². The highest BCUT2D eigenvalue weighted by atomic mass is 32.2. The van der Waals surface area contributed by atoms with E-state index in [-0.39, 0.29) is 44.1 Å². The second-order valence-corrected chi connectivity index (χ2v) is 13.9. The standard InChI is InChI=1S/C30H48N6O8S/c1-18(2)14-23-30(41)34-24(15-21-9-11-22(44-6)12-10-21)29(40)32-20(5)28(39)35-25(19(3)4)16-36(17-26(37)33-23)27(38)8-7-13-45(31,42)43/h9-12,18-20,23-25H,7-8,13-17H2,1-6H3,(H,32,40)(H,33,37)(H,34,41)(H,35,39)(H2,31,42,43)/t20-,23+,24+,25-/m1/s1. The highest BCUT2D eigenvalue weighted by Crippen LogP contribution is 2.14. The van der Waals surface area contributed by atoms with Gasteiger partial charge in [0.05, 0.1) is 19.4 Å². The number of carbonyl (C=O) groups excluding carboxylic acids is 5. The first-order chi connectivity index (χ1) is 21.0. The number of benzene rings is 1. The normalized spacial score (nSPS) is 22.6. The van der Waals surface area contributed by atoms with Crippen molar-refractivity contribution in [3.05, 3.63) is 29.8 Å². The number of methoxy groups -OCH3 is 1. The number of primary sulfonamides is 1. The smallest absolute Gasteiger partial charge is 0.243 e. The van der Waals surface area contributed by atoms with Crippen LogP contribution in [0.2, 0.25) is 0 Å². The molecule has 0 bridgehead atoms. The van der Waals surface area contributed by atoms with Gasteiger partial charge in [-0.15, -0.1) is 0 Å². The van der Waals surface area contributed by atoms with E-state index < -0.39 is 76.0 Å². The molecular formula is C30H48N6O8S. The van der Waals surface area contributed by atoms with Crippen molar-refractivity contribution in [3.8, 4) is 5.75 Å². The lowest BCUT2D eigenvalue weighted by atomic mass is 10.0. The summed E-state index contributed by atoms with van der Waals surface area (Å²) in [5.41, 5.74) is 0.729. The number of nitrogens with zero attached hydrogens (tertiary/aromatic N) is 1. The van der Waals surface area contributed by atoms with E-state index in [4.69, 9.17) is 9.88 Å². The summed E-state index contributed by atoms with van der Waals surface area (Å²) in [6.45, 7) is 8.44. The summed E-state index contributed by atoms with van der Waals surface area (Å²) in [5.74, 6) is -2.81. The van der Waals surface area contributed by atoms with Gasteiger partial charge in [-0.05, 0) is 49.3 Å². The van der Waals surface area contributed by atoms with Gasteiger partial charge in [-0.1, -0.05) is 39.8 Å². The van der Waals surface area contributed by atoms with Crippen molar-refractivity contribution in [1.29, 1.82) is 0 Å². The van der Waals surface area contributed by atoms with Crippen molar-refractivity contribution in [2.24, 2.45) is 17.0 Å². The van der Waals surface area contributed by atoms with Gasteiger partial charge in [-0.3, -0.25) is 24.0 Å². The third-order valence-corrected chi connectivity index (χ3v) is 8.26. The Morgan fingerprint density at radius 1 is 0.956 bits per heavy atom. The molecule has 4 atom stereocenters. The molecule has 1 aliphatic heterocycles. The van der Waals surface area contributed by atoms with Crippen LogP contribution in [0.25, 0.3) is 0 Å². The lowest BCUT2D eigenvalue weighted by Crippen LogP contribution is -2.57. The quantitative estimate of drug-likeness (QED) is 0.228. The average molecular weight is 653 g/mol. The Bertz CT molecular complexity index is 1300. The van der Waals surface area contributed by atoms with Crippen LogP contribution in [0.4, 0.5) is 0 Å². The second-order valence-electron chi connectivity index (χ2n) is 12.2. The van der Waals surface area contributed by atoms with E-state index >= 15 is 0 Å². The maximum Gasteiger partial charge on any atom is 0.243 e. The van der Waals surface area contributed by atoms with Gasteiger partial charge in [0.2, 0.25) is 39.6 Å². The first-order valence-electron chi connectivity index (χ1n) is 15.1. The first kappa shape index (κ1) is 37.5. The second kappa shape index (κ2) is 17.1. The predicted molar refractivity (Wildman–Crippen MR) is 168 cm³/mol. The topological polar surface area (TPSA) is 206 Å². The Hall–Kier alpha value is -3.72. The molecular weight excluding hydrogens is 604 g/mol. The van der Waals surface area contributed by atoms with Gasteiger partial charge < -0.3 is 30.9 Å². The number of amides is 5. The van der Waals surface area contributed by atoms with E-state index in [1.54, 1.807) is 24.3 Å². The molecule has 0 radical (unpaired) electrons. The summed E-state index contributed by atoms with van der Waals surface area (Å²) in [5, 5.41) is 16.1. The van der Waals surface area contributed by atoms with Gasteiger partial charge in [0.1, 0.15) is 23.9 Å². The van der Waals surface area contributed by atoms with Gasteiger partial charge in [0.15, 0.2) is 0 Å². The first-order valence-corrected chi connectivity index (χ1v) is 16.8. The van der Waals surface area contributed by atoms with Crippen LogP contribution in [0.1, 0.15) is 59.4 Å². The molecule has 0 spiro atoms. The van der Waals surface area contributed by atoms with E-state index in [1.165, 1.54) is 18.9 Å². The van der Waals surface area contributed by atoms with Crippen LogP contribution in [0.15, 0.2) is 24.3 Å². The maximum atomic E-state index is 13.6. The van der Waals surface area contributed by atoms with Gasteiger partial charge in [-0.25, -0.2) is 13.6 Å². The van der Waals surface area contributed by atoms with Gasteiger partial charge in [0.25, 0.3) is 0 Å². The number of nitrogens with one attached hydrogen (secondary N) is 4. The van der Waals surface area contributed by atoms with Crippen molar-refractivity contribution in [1.82, 2.24) is 26.2 Å². The molecule has 1 heterocycles. The van der Waals surface area contributed by atoms with Crippen LogP contribution in [0.5, 0.6) is 5.75 Å². The molecule has 6 N–H and O–H groups in total. The molecule has 2 rings (SSSR count). The van der Waals surface area contributed by atoms with Crippen LogP contribution in [0.3, 0.4) is 0 Å². The molecule has 252 valence electrons. The molecule has 0 unspecified atom stereocenters. The third-order valence-electron chi connectivity index (χ3n) is 7.40. The average Bonchev–Trinajstić information content (AvgIpc) is 2.94. The van der Waals surface area contributed by atoms with Crippen LogP contribution in [-0.4, -0.2) is 93.0 Å². The highest BCUT2D eigenvalue weighted by molar-refractivity contribution is 7.89. The van der Waals surface area contributed by atoms with E-state index in [0.29, 0.717) is 5.75 Å². The summed E-state index contributed by atoms with van der Waals surface area (Å²) in [6, 6.07) is 3.28. The fraction of sp³-hybridized carbons (Fsp3) is 0.633. The number of nitrogens with two attached hydrogens (primary N) is 1. The Balaban J connectivity index is 2.45. The lowest BCUT2D eigenvalue weighted by Gasteiger charge is -2.31. The molecule has 45 heavy (non-hydrogen) atoms. The fourth-order valence-electron chi connectivity index (χ4n) is 4.78. The minimum Gasteiger partial charge on any atom is -0.497 e. The van der Waals surface area contributed by atoms with Crippen LogP contribution in [0, 0.1) is 11.8 Å². The van der Waals surface area contributed by atoms with E-state index in [1.807, 2.05) is 27.7 Å². The number of hydrogen-bond donors (Lipinski definition) is 5. The molecule has 1 aromatic rings. The minimum atomic E-state index is -3.79. The molecule has 1 aromatic carbocycles. The molecule has 14 nitrogen and oxygen atoms in total. The minimum absolute atomic E-state index is 0.0138. The Morgan fingerprint density at radius 2 is 1.58 bits per heavy atom. The predicted octanol–water partition coefficient (Wildman–Crippen LogP) is -0.190. The summed E-state index contributed by atoms with van der Waals surface area (Å²) in [7, 11) is -2.26. The zero-order chi connectivity index (χ0) is 33.9. The Kier molecular flexibility index (Phi) is 14.2. The third kappa shape index (κ3) is 13.0. The van der Waals surface area contributed by atoms with Crippen molar-refractivity contribution in [2.45, 2.75) is 84.5 Å². The maximum absolute atomic E-state index is 13.6. The zero-order valence-corrected chi connectivity index (χ0v) is 27.7. The number of hydrogen-bond acceptors (Lipinski definition) is 8. The molecule has 15 heteroatoms. The number of rotatable bonds is 10. The summed E-state index contributed by atoms with van der Waals surface area (Å²) < 4.78 is 28.0. The van der Waals surface area contributed by atoms with Crippen LogP contribution >= 0.6 is 0 Å². The molecule has 1 aliphatic rings. The van der Waals surface area contributed by atoms with E-state index in [2.05, 4.69) is 21.3 Å². The number of sulfonamides is 1. The summed E-state index contributed by atoms with van der Waals surface area (Å²) in [6.07, 6.45) is 0.110. The molecule has 1 saturated heterocycles. The van der Waals surface area contributed by atoms with E-state index in [0.717, 1.165) is 5.56 Å². The van der Waals surface area contributed by atoms with Crippen molar-refractivity contribution < 1.29 is 37.1 Å². The monoisotopic (exact) mass is 652 g/mol. The largest absolute Gasteiger partial charge is 0.497 e. The van der Waals surface area contributed by atoms with Gasteiger partial charge >= 0.3 is 0 Å². The lowest BCUT2D eigenvalue weighted by molar-refractivity contribution is -0.138. The highest BCUT2D eigenvalue weighted by Gasteiger charge is 2.32. The molecule has 0 aromatic heterocycles. The van der Waals surface area contributed by atoms with Crippen LogP contribution in [-0.2, 0) is 40.4 Å². The van der Waals surface area contributed by atoms with Crippen molar-refractivity contribution >= 4 is 39.6 Å². The Morgan fingerprint density at radius 3 is 2.13 bits per heavy atom. The molecule has 1 fully saturated rings.